The second kappa shape index (κ2) is 6.11. The predicted molar refractivity (Wildman–Crippen MR) is 80.0 cm³/mol. The maximum Gasteiger partial charge on any atom is 0.249 e. The smallest absolute Gasteiger partial charge is 0.249 e. The molecule has 3 rings (SSSR count). The van der Waals surface area contributed by atoms with Crippen LogP contribution in [0.15, 0.2) is 29.9 Å². The zero-order valence-corrected chi connectivity index (χ0v) is 13.6. The van der Waals surface area contributed by atoms with Gasteiger partial charge in [-0.25, -0.2) is 8.42 Å². The summed E-state index contributed by atoms with van der Waals surface area (Å²) in [4.78, 5) is 13.9. The standard InChI is InChI=1S/C13H18N6O3S/c1-17-10-14-16-13(17)23(21,22)11-3-7-18(8-4-11)12(20)9-19-6-2-5-15-19/h2,5-6,10-11H,3-4,7-9H2,1H3. The van der Waals surface area contributed by atoms with Crippen LogP contribution >= 0.6 is 0 Å². The number of likely N-dealkylation sites (tertiary alicyclic amines) is 1. The molecule has 0 radical (unpaired) electrons. The molecule has 0 aromatic carbocycles. The third-order valence-electron chi connectivity index (χ3n) is 4.01. The van der Waals surface area contributed by atoms with Gasteiger partial charge in [0.2, 0.25) is 20.9 Å². The van der Waals surface area contributed by atoms with Crippen LogP contribution in [0.25, 0.3) is 0 Å². The Morgan fingerprint density at radius 2 is 2.09 bits per heavy atom. The summed E-state index contributed by atoms with van der Waals surface area (Å²) in [5.74, 6) is -0.0526. The fraction of sp³-hybridized carbons (Fsp3) is 0.538. The lowest BCUT2D eigenvalue weighted by molar-refractivity contribution is -0.132. The van der Waals surface area contributed by atoms with E-state index in [2.05, 4.69) is 15.3 Å². The SMILES string of the molecule is Cn1cnnc1S(=O)(=O)C1CCN(C(=O)Cn2cccn2)CC1. The van der Waals surface area contributed by atoms with Gasteiger partial charge >= 0.3 is 0 Å². The van der Waals surface area contributed by atoms with Gasteiger partial charge < -0.3 is 9.47 Å². The highest BCUT2D eigenvalue weighted by Crippen LogP contribution is 2.23. The van der Waals surface area contributed by atoms with Crippen molar-refractivity contribution in [2.24, 2.45) is 7.05 Å². The summed E-state index contributed by atoms with van der Waals surface area (Å²) in [6.07, 6.45) is 5.52. The molecule has 0 spiro atoms. The number of rotatable bonds is 4. The summed E-state index contributed by atoms with van der Waals surface area (Å²) in [6.45, 7) is 1.01. The first-order valence-electron chi connectivity index (χ1n) is 7.31. The molecule has 1 aliphatic rings. The third-order valence-corrected chi connectivity index (χ3v) is 6.24. The van der Waals surface area contributed by atoms with Crippen molar-refractivity contribution in [3.8, 4) is 0 Å². The Kier molecular flexibility index (Phi) is 4.16. The fourth-order valence-corrected chi connectivity index (χ4v) is 4.47. The molecule has 2 aromatic heterocycles. The van der Waals surface area contributed by atoms with E-state index in [0.717, 1.165) is 0 Å². The second-order valence-corrected chi connectivity index (χ2v) is 7.68. The highest BCUT2D eigenvalue weighted by Gasteiger charge is 2.35. The van der Waals surface area contributed by atoms with Crippen LogP contribution in [-0.4, -0.2) is 62.1 Å². The second-order valence-electron chi connectivity index (χ2n) is 5.55. The molecule has 2 aromatic rings. The van der Waals surface area contributed by atoms with E-state index in [-0.39, 0.29) is 17.6 Å². The molecule has 0 atom stereocenters. The number of aryl methyl sites for hydroxylation is 1. The summed E-state index contributed by atoms with van der Waals surface area (Å²) in [7, 11) is -1.91. The number of aromatic nitrogens is 5. The van der Waals surface area contributed by atoms with Gasteiger partial charge in [0, 0.05) is 32.5 Å². The normalized spacial score (nSPS) is 16.7. The Balaban J connectivity index is 1.62. The molecular formula is C13H18N6O3S. The Bertz CT molecular complexity index is 775. The van der Waals surface area contributed by atoms with Gasteiger partial charge in [0.15, 0.2) is 0 Å². The molecule has 10 heteroatoms. The van der Waals surface area contributed by atoms with E-state index < -0.39 is 15.1 Å². The van der Waals surface area contributed by atoms with Gasteiger partial charge in [-0.05, 0) is 18.9 Å². The van der Waals surface area contributed by atoms with E-state index in [1.807, 2.05) is 0 Å². The summed E-state index contributed by atoms with van der Waals surface area (Å²) >= 11 is 0. The first kappa shape index (κ1) is 15.7. The van der Waals surface area contributed by atoms with E-state index in [9.17, 15) is 13.2 Å². The molecule has 1 fully saturated rings. The van der Waals surface area contributed by atoms with E-state index >= 15 is 0 Å². The number of sulfone groups is 1. The molecule has 0 unspecified atom stereocenters. The first-order valence-corrected chi connectivity index (χ1v) is 8.86. The lowest BCUT2D eigenvalue weighted by Crippen LogP contribution is -2.44. The lowest BCUT2D eigenvalue weighted by Gasteiger charge is -2.31. The van der Waals surface area contributed by atoms with Crippen LogP contribution in [0.4, 0.5) is 0 Å². The van der Waals surface area contributed by atoms with E-state index in [1.165, 1.54) is 10.9 Å². The Labute approximate surface area is 133 Å². The van der Waals surface area contributed by atoms with Crippen molar-refractivity contribution in [2.45, 2.75) is 29.8 Å². The Morgan fingerprint density at radius 1 is 1.35 bits per heavy atom. The van der Waals surface area contributed by atoms with Crippen molar-refractivity contribution >= 4 is 15.7 Å². The van der Waals surface area contributed by atoms with Crippen molar-refractivity contribution in [3.05, 3.63) is 24.8 Å². The predicted octanol–water partition coefficient (Wildman–Crippen LogP) is -0.523. The van der Waals surface area contributed by atoms with Gasteiger partial charge in [0.25, 0.3) is 0 Å². The van der Waals surface area contributed by atoms with Crippen LogP contribution < -0.4 is 0 Å². The highest BCUT2D eigenvalue weighted by atomic mass is 32.2. The van der Waals surface area contributed by atoms with Crippen LogP contribution in [0.2, 0.25) is 0 Å². The molecule has 1 saturated heterocycles. The summed E-state index contributed by atoms with van der Waals surface area (Å²) in [6, 6.07) is 1.76. The monoisotopic (exact) mass is 338 g/mol. The molecule has 0 aliphatic carbocycles. The zero-order valence-electron chi connectivity index (χ0n) is 12.7. The number of piperidine rings is 1. The van der Waals surface area contributed by atoms with Crippen LogP contribution in [-0.2, 0) is 28.2 Å². The largest absolute Gasteiger partial charge is 0.341 e. The molecule has 3 heterocycles. The summed E-state index contributed by atoms with van der Waals surface area (Å²) < 4.78 is 28.1. The van der Waals surface area contributed by atoms with E-state index in [4.69, 9.17) is 0 Å². The molecule has 0 bridgehead atoms. The minimum absolute atomic E-state index is 0.0150. The van der Waals surface area contributed by atoms with Crippen molar-refractivity contribution in [1.29, 1.82) is 0 Å². The number of hydrogen-bond acceptors (Lipinski definition) is 6. The van der Waals surface area contributed by atoms with Crippen molar-refractivity contribution in [1.82, 2.24) is 29.4 Å². The summed E-state index contributed by atoms with van der Waals surface area (Å²) in [5, 5.41) is 10.8. The molecule has 0 saturated carbocycles. The van der Waals surface area contributed by atoms with Gasteiger partial charge in [-0.15, -0.1) is 10.2 Å². The number of carbonyl (C=O) groups excluding carboxylic acids is 1. The van der Waals surface area contributed by atoms with Crippen LogP contribution in [0.5, 0.6) is 0 Å². The number of amides is 1. The van der Waals surface area contributed by atoms with Gasteiger partial charge in [0.05, 0.1) is 5.25 Å². The average molecular weight is 338 g/mol. The van der Waals surface area contributed by atoms with Crippen LogP contribution in [0.1, 0.15) is 12.8 Å². The molecule has 1 amide bonds. The average Bonchev–Trinajstić information content (AvgIpc) is 3.19. The van der Waals surface area contributed by atoms with Crippen molar-refractivity contribution in [3.63, 3.8) is 0 Å². The maximum atomic E-state index is 12.6. The Morgan fingerprint density at radius 3 is 2.65 bits per heavy atom. The number of carbonyl (C=O) groups is 1. The fourth-order valence-electron chi connectivity index (χ4n) is 2.73. The molecule has 0 N–H and O–H groups in total. The quantitative estimate of drug-likeness (QED) is 0.743. The minimum Gasteiger partial charge on any atom is -0.341 e. The third kappa shape index (κ3) is 3.11. The molecule has 23 heavy (non-hydrogen) atoms. The van der Waals surface area contributed by atoms with Gasteiger partial charge in [0.1, 0.15) is 12.9 Å². The molecule has 1 aliphatic heterocycles. The topological polar surface area (TPSA) is 103 Å². The highest BCUT2D eigenvalue weighted by molar-refractivity contribution is 7.91. The maximum absolute atomic E-state index is 12.6. The van der Waals surface area contributed by atoms with Crippen LogP contribution in [0.3, 0.4) is 0 Å². The first-order chi connectivity index (χ1) is 11.0. The van der Waals surface area contributed by atoms with Crippen molar-refractivity contribution < 1.29 is 13.2 Å². The van der Waals surface area contributed by atoms with Crippen molar-refractivity contribution in [2.75, 3.05) is 13.1 Å². The van der Waals surface area contributed by atoms with Gasteiger partial charge in [-0.3, -0.25) is 9.48 Å². The van der Waals surface area contributed by atoms with E-state index in [1.54, 1.807) is 35.1 Å². The van der Waals surface area contributed by atoms with Gasteiger partial charge in [-0.2, -0.15) is 5.10 Å². The Hall–Kier alpha value is -2.23. The molecule has 124 valence electrons. The van der Waals surface area contributed by atoms with Crippen LogP contribution in [0, 0.1) is 0 Å². The minimum atomic E-state index is -3.51. The summed E-state index contributed by atoms with van der Waals surface area (Å²) in [5.41, 5.74) is 0. The zero-order chi connectivity index (χ0) is 16.4. The number of nitrogens with zero attached hydrogens (tertiary/aromatic N) is 6. The van der Waals surface area contributed by atoms with E-state index in [0.29, 0.717) is 25.9 Å². The lowest BCUT2D eigenvalue weighted by atomic mass is 10.1. The number of hydrogen-bond donors (Lipinski definition) is 0. The molecular weight excluding hydrogens is 320 g/mol. The van der Waals surface area contributed by atoms with Gasteiger partial charge in [-0.1, -0.05) is 0 Å². The molecule has 9 nitrogen and oxygen atoms in total.